The number of benzene rings is 2. The third kappa shape index (κ3) is 4.97. The zero-order valence-corrected chi connectivity index (χ0v) is 20.8. The monoisotopic (exact) mass is 490 g/mol. The van der Waals surface area contributed by atoms with Crippen LogP contribution in [0, 0.1) is 19.7 Å². The number of hydrogen-bond donors (Lipinski definition) is 1. The summed E-state index contributed by atoms with van der Waals surface area (Å²) >= 11 is 1.35. The summed E-state index contributed by atoms with van der Waals surface area (Å²) in [5.41, 5.74) is 2.76. The first-order valence-corrected chi connectivity index (χ1v) is 13.1. The van der Waals surface area contributed by atoms with Crippen molar-refractivity contribution in [3.8, 4) is 5.69 Å². The molecule has 33 heavy (non-hydrogen) atoms. The van der Waals surface area contributed by atoms with Crippen LogP contribution < -0.4 is 5.32 Å². The Labute approximate surface area is 198 Å². The molecule has 0 fully saturated rings. The zero-order chi connectivity index (χ0) is 24.3. The third-order valence-electron chi connectivity index (χ3n) is 5.46. The average molecular weight is 491 g/mol. The molecule has 3 rings (SSSR count). The van der Waals surface area contributed by atoms with E-state index in [1.807, 2.05) is 13.2 Å². The number of nitrogens with one attached hydrogen (secondary N) is 1. The first-order valence-electron chi connectivity index (χ1n) is 10.4. The molecular formula is C23H27FN4O3S2. The highest BCUT2D eigenvalue weighted by atomic mass is 32.2. The van der Waals surface area contributed by atoms with Crippen LogP contribution in [0.25, 0.3) is 5.69 Å². The molecule has 0 atom stereocenters. The van der Waals surface area contributed by atoms with E-state index in [1.165, 1.54) is 40.5 Å². The van der Waals surface area contributed by atoms with Gasteiger partial charge in [0.1, 0.15) is 11.5 Å². The van der Waals surface area contributed by atoms with Gasteiger partial charge in [-0.05, 0) is 67.6 Å². The third-order valence-corrected chi connectivity index (χ3v) is 8.14. The highest BCUT2D eigenvalue weighted by Gasteiger charge is 2.24. The Morgan fingerprint density at radius 3 is 2.36 bits per heavy atom. The maximum Gasteiger partial charge on any atom is 0.274 e. The average Bonchev–Trinajstić information content (AvgIpc) is 3.22. The van der Waals surface area contributed by atoms with Crippen molar-refractivity contribution in [3.63, 3.8) is 0 Å². The van der Waals surface area contributed by atoms with E-state index in [-0.39, 0.29) is 16.4 Å². The van der Waals surface area contributed by atoms with Crippen LogP contribution in [0.15, 0.2) is 52.6 Å². The molecule has 1 amide bonds. The molecule has 0 aliphatic heterocycles. The topological polar surface area (TPSA) is 84.3 Å². The van der Waals surface area contributed by atoms with Crippen molar-refractivity contribution in [1.29, 1.82) is 0 Å². The van der Waals surface area contributed by atoms with E-state index in [9.17, 15) is 17.6 Å². The van der Waals surface area contributed by atoms with Crippen molar-refractivity contribution >= 4 is 33.4 Å². The maximum absolute atomic E-state index is 13.4. The van der Waals surface area contributed by atoms with Crippen LogP contribution in [-0.4, -0.2) is 47.5 Å². The molecule has 0 unspecified atom stereocenters. The van der Waals surface area contributed by atoms with Gasteiger partial charge in [-0.15, -0.1) is 0 Å². The largest absolute Gasteiger partial charge is 0.320 e. The number of amides is 1. The highest BCUT2D eigenvalue weighted by Crippen LogP contribution is 2.28. The number of sulfonamides is 1. The molecule has 176 valence electrons. The second kappa shape index (κ2) is 10.1. The van der Waals surface area contributed by atoms with Crippen molar-refractivity contribution in [2.75, 3.05) is 24.7 Å². The van der Waals surface area contributed by atoms with E-state index < -0.39 is 15.9 Å². The van der Waals surface area contributed by atoms with Gasteiger partial charge in [-0.3, -0.25) is 9.36 Å². The quantitative estimate of drug-likeness (QED) is 0.465. The molecule has 1 heterocycles. The minimum absolute atomic E-state index is 0.126. The minimum Gasteiger partial charge on any atom is -0.320 e. The van der Waals surface area contributed by atoms with Crippen molar-refractivity contribution in [2.24, 2.45) is 0 Å². The van der Waals surface area contributed by atoms with E-state index in [2.05, 4.69) is 10.3 Å². The number of aryl methyl sites for hydroxylation is 1. The van der Waals surface area contributed by atoms with Crippen molar-refractivity contribution in [3.05, 3.63) is 65.2 Å². The number of carbonyl (C=O) groups is 1. The molecule has 0 spiro atoms. The van der Waals surface area contributed by atoms with Crippen molar-refractivity contribution < 1.29 is 17.6 Å². The number of hydrogen-bond acceptors (Lipinski definition) is 5. The standard InChI is InChI=1S/C23H27FN4O3S2/c1-6-27(7-2)33(30,31)19-12-15(3)16(4)20(13-19)26-22(29)21-14-25-23(32-5)28(21)18-10-8-17(24)9-11-18/h8-14H,6-7H2,1-5H3,(H,26,29). The highest BCUT2D eigenvalue weighted by molar-refractivity contribution is 7.98. The molecule has 0 aliphatic carbocycles. The van der Waals surface area contributed by atoms with Gasteiger partial charge in [0.15, 0.2) is 5.16 Å². The number of rotatable bonds is 8. The Morgan fingerprint density at radius 2 is 1.79 bits per heavy atom. The predicted molar refractivity (Wildman–Crippen MR) is 129 cm³/mol. The first-order chi connectivity index (χ1) is 15.6. The number of imidazole rings is 1. The lowest BCUT2D eigenvalue weighted by atomic mass is 10.1. The number of anilines is 1. The normalized spacial score (nSPS) is 11.7. The molecule has 0 bridgehead atoms. The number of aromatic nitrogens is 2. The smallest absolute Gasteiger partial charge is 0.274 e. The summed E-state index contributed by atoms with van der Waals surface area (Å²) in [5, 5.41) is 3.41. The molecule has 2 aromatic carbocycles. The van der Waals surface area contributed by atoms with Gasteiger partial charge in [0.05, 0.1) is 11.1 Å². The van der Waals surface area contributed by atoms with Gasteiger partial charge in [0.25, 0.3) is 5.91 Å². The summed E-state index contributed by atoms with van der Waals surface area (Å²) < 4.78 is 42.5. The van der Waals surface area contributed by atoms with Crippen molar-refractivity contribution in [2.45, 2.75) is 37.7 Å². The van der Waals surface area contributed by atoms with Crippen LogP contribution in [-0.2, 0) is 10.0 Å². The van der Waals surface area contributed by atoms with E-state index in [1.54, 1.807) is 43.5 Å². The number of halogens is 1. The van der Waals surface area contributed by atoms with E-state index in [4.69, 9.17) is 0 Å². The molecular weight excluding hydrogens is 463 g/mol. The van der Waals surface area contributed by atoms with Crippen LogP contribution in [0.1, 0.15) is 35.5 Å². The van der Waals surface area contributed by atoms with E-state index >= 15 is 0 Å². The summed E-state index contributed by atoms with van der Waals surface area (Å²) in [4.78, 5) is 17.7. The van der Waals surface area contributed by atoms with Gasteiger partial charge < -0.3 is 5.32 Å². The number of thioether (sulfide) groups is 1. The second-order valence-electron chi connectivity index (χ2n) is 7.40. The number of carbonyl (C=O) groups excluding carboxylic acids is 1. The summed E-state index contributed by atoms with van der Waals surface area (Å²) in [6, 6.07) is 8.88. The Morgan fingerprint density at radius 1 is 1.15 bits per heavy atom. The lowest BCUT2D eigenvalue weighted by molar-refractivity contribution is 0.102. The number of nitrogens with zero attached hydrogens (tertiary/aromatic N) is 3. The van der Waals surface area contributed by atoms with Crippen LogP contribution >= 0.6 is 11.8 Å². The van der Waals surface area contributed by atoms with E-state index in [0.717, 1.165) is 11.1 Å². The van der Waals surface area contributed by atoms with Gasteiger partial charge in [-0.25, -0.2) is 17.8 Å². The van der Waals surface area contributed by atoms with Crippen LogP contribution in [0.3, 0.4) is 0 Å². The molecule has 1 aromatic heterocycles. The van der Waals surface area contributed by atoms with Gasteiger partial charge in [0.2, 0.25) is 10.0 Å². The molecule has 7 nitrogen and oxygen atoms in total. The van der Waals surface area contributed by atoms with Crippen LogP contribution in [0.5, 0.6) is 0 Å². The van der Waals surface area contributed by atoms with Crippen LogP contribution in [0.2, 0.25) is 0 Å². The molecule has 0 saturated carbocycles. The molecule has 1 N–H and O–H groups in total. The SMILES string of the molecule is CCN(CC)S(=O)(=O)c1cc(C)c(C)c(NC(=O)c2cnc(SC)n2-c2ccc(F)cc2)c1. The Balaban J connectivity index is 2.03. The lowest BCUT2D eigenvalue weighted by Gasteiger charge is -2.20. The second-order valence-corrected chi connectivity index (χ2v) is 10.1. The van der Waals surface area contributed by atoms with Gasteiger partial charge in [0, 0.05) is 24.5 Å². The minimum atomic E-state index is -3.69. The molecule has 0 saturated heterocycles. The van der Waals surface area contributed by atoms with Gasteiger partial charge in [-0.2, -0.15) is 4.31 Å². The maximum atomic E-state index is 13.4. The van der Waals surface area contributed by atoms with Crippen LogP contribution in [0.4, 0.5) is 10.1 Å². The van der Waals surface area contributed by atoms with Gasteiger partial charge >= 0.3 is 0 Å². The Kier molecular flexibility index (Phi) is 7.61. The molecule has 0 radical (unpaired) electrons. The predicted octanol–water partition coefficient (Wildman–Crippen LogP) is 4.63. The first kappa shape index (κ1) is 24.9. The van der Waals surface area contributed by atoms with E-state index in [0.29, 0.717) is 29.6 Å². The molecule has 10 heteroatoms. The van der Waals surface area contributed by atoms with Crippen molar-refractivity contribution in [1.82, 2.24) is 13.9 Å². The summed E-state index contributed by atoms with van der Waals surface area (Å²) in [7, 11) is -3.69. The molecule has 0 aliphatic rings. The van der Waals surface area contributed by atoms with Gasteiger partial charge in [-0.1, -0.05) is 25.6 Å². The Bertz CT molecular complexity index is 1270. The Hall–Kier alpha value is -2.69. The lowest BCUT2D eigenvalue weighted by Crippen LogP contribution is -2.30. The fraction of sp³-hybridized carbons (Fsp3) is 0.304. The summed E-state index contributed by atoms with van der Waals surface area (Å²) in [6.07, 6.45) is 3.28. The summed E-state index contributed by atoms with van der Waals surface area (Å²) in [5.74, 6) is -0.833. The zero-order valence-electron chi connectivity index (χ0n) is 19.2. The fourth-order valence-electron chi connectivity index (χ4n) is 3.48. The fourth-order valence-corrected chi connectivity index (χ4v) is 5.60. The summed E-state index contributed by atoms with van der Waals surface area (Å²) in [6.45, 7) is 7.89. The molecule has 3 aromatic rings.